The first kappa shape index (κ1) is 28.8. The maximum atomic E-state index is 13.5. The van der Waals surface area contributed by atoms with Crippen LogP contribution in [-0.2, 0) is 14.4 Å². The highest BCUT2D eigenvalue weighted by Gasteiger charge is 2.46. The number of alkyl halides is 5. The monoisotopic (exact) mass is 601 g/mol. The molecular formula is C22H32BrClF3N5O4. The zero-order chi connectivity index (χ0) is 26.5. The average molecular weight is 603 g/mol. The molecule has 3 rings (SSSR count). The highest BCUT2D eigenvalue weighted by atomic mass is 79.9. The lowest BCUT2D eigenvalue weighted by Crippen LogP contribution is -2.51. The third-order valence-electron chi connectivity index (χ3n) is 6.92. The minimum Gasteiger partial charge on any atom is -0.481 e. The van der Waals surface area contributed by atoms with Crippen molar-refractivity contribution in [2.24, 2.45) is 22.7 Å². The van der Waals surface area contributed by atoms with Crippen LogP contribution in [0.3, 0.4) is 0 Å². The zero-order valence-corrected chi connectivity index (χ0v) is 22.0. The third-order valence-corrected chi connectivity index (χ3v) is 8.02. The molecule has 14 heteroatoms. The SMILES string of the molecule is O=C(O)CC(NC(=O)CNC(=O)C1CC(NC2=NCCN2)CC(C(F)(F)F)C1)C1CC(Cl)CC(Br)C1. The van der Waals surface area contributed by atoms with Crippen LogP contribution in [-0.4, -0.2) is 76.9 Å². The molecule has 0 aromatic rings. The van der Waals surface area contributed by atoms with Gasteiger partial charge in [0.05, 0.1) is 25.4 Å². The molecule has 3 aliphatic rings. The van der Waals surface area contributed by atoms with E-state index in [1.807, 2.05) is 0 Å². The summed E-state index contributed by atoms with van der Waals surface area (Å²) in [7, 11) is 0. The number of carboxylic acids is 1. The van der Waals surface area contributed by atoms with Crippen molar-refractivity contribution in [2.45, 2.75) is 73.4 Å². The summed E-state index contributed by atoms with van der Waals surface area (Å²) in [6.07, 6.45) is -3.17. The van der Waals surface area contributed by atoms with E-state index in [4.69, 9.17) is 11.6 Å². The minimum atomic E-state index is -4.45. The summed E-state index contributed by atoms with van der Waals surface area (Å²) >= 11 is 9.79. The number of hydrogen-bond acceptors (Lipinski definition) is 6. The first-order valence-electron chi connectivity index (χ1n) is 12.1. The molecule has 0 radical (unpaired) electrons. The number of halogens is 5. The van der Waals surface area contributed by atoms with Gasteiger partial charge in [0.25, 0.3) is 0 Å². The normalized spacial score (nSPS) is 31.5. The van der Waals surface area contributed by atoms with Gasteiger partial charge in [0.2, 0.25) is 11.8 Å². The van der Waals surface area contributed by atoms with Crippen molar-refractivity contribution in [3.63, 3.8) is 0 Å². The van der Waals surface area contributed by atoms with E-state index in [1.54, 1.807) is 0 Å². The summed E-state index contributed by atoms with van der Waals surface area (Å²) < 4.78 is 40.6. The number of aliphatic imine (C=N–C) groups is 1. The van der Waals surface area contributed by atoms with E-state index in [1.165, 1.54) is 0 Å². The number of aliphatic carboxylic acids is 1. The van der Waals surface area contributed by atoms with Crippen LogP contribution in [0.25, 0.3) is 0 Å². The summed E-state index contributed by atoms with van der Waals surface area (Å²) in [4.78, 5) is 40.9. The molecule has 1 aliphatic heterocycles. The van der Waals surface area contributed by atoms with E-state index in [0.717, 1.165) is 6.42 Å². The number of rotatable bonds is 8. The average Bonchev–Trinajstić information content (AvgIpc) is 3.28. The van der Waals surface area contributed by atoms with Crippen molar-refractivity contribution < 1.29 is 32.7 Å². The number of carboxylic acid groups (broad SMARTS) is 1. The Balaban J connectivity index is 1.56. The Kier molecular flexibility index (Phi) is 10.1. The fraction of sp³-hybridized carbons (Fsp3) is 0.818. The molecule has 204 valence electrons. The lowest BCUT2D eigenvalue weighted by Gasteiger charge is -2.36. The van der Waals surface area contributed by atoms with E-state index in [9.17, 15) is 32.7 Å². The second kappa shape index (κ2) is 12.7. The molecule has 1 heterocycles. The summed E-state index contributed by atoms with van der Waals surface area (Å²) in [5, 5.41) is 20.2. The number of amides is 2. The lowest BCUT2D eigenvalue weighted by atomic mass is 9.77. The topological polar surface area (TPSA) is 132 Å². The van der Waals surface area contributed by atoms with Gasteiger partial charge in [0.15, 0.2) is 5.96 Å². The Labute approximate surface area is 220 Å². The summed E-state index contributed by atoms with van der Waals surface area (Å²) in [6, 6.07) is -1.27. The zero-order valence-electron chi connectivity index (χ0n) is 19.6. The third kappa shape index (κ3) is 8.67. The molecule has 0 saturated heterocycles. The molecule has 36 heavy (non-hydrogen) atoms. The highest BCUT2D eigenvalue weighted by molar-refractivity contribution is 9.09. The second-order valence-electron chi connectivity index (χ2n) is 9.79. The van der Waals surface area contributed by atoms with Crippen molar-refractivity contribution >= 4 is 51.3 Å². The molecule has 2 saturated carbocycles. The van der Waals surface area contributed by atoms with Gasteiger partial charge in [0, 0.05) is 34.8 Å². The molecule has 0 bridgehead atoms. The highest BCUT2D eigenvalue weighted by Crippen LogP contribution is 2.40. The van der Waals surface area contributed by atoms with Gasteiger partial charge in [-0.2, -0.15) is 13.2 Å². The van der Waals surface area contributed by atoms with Crippen LogP contribution in [0.2, 0.25) is 0 Å². The molecule has 2 fully saturated rings. The van der Waals surface area contributed by atoms with Crippen LogP contribution in [0.4, 0.5) is 13.2 Å². The van der Waals surface area contributed by atoms with Gasteiger partial charge in [-0.05, 0) is 44.4 Å². The number of nitrogens with zero attached hydrogens (tertiary/aromatic N) is 1. The van der Waals surface area contributed by atoms with E-state index < -0.39 is 54.4 Å². The summed E-state index contributed by atoms with van der Waals surface area (Å²) in [5.41, 5.74) is 0. The lowest BCUT2D eigenvalue weighted by molar-refractivity contribution is -0.188. The molecule has 5 N–H and O–H groups in total. The molecule has 0 aromatic heterocycles. The van der Waals surface area contributed by atoms with Crippen molar-refractivity contribution in [1.29, 1.82) is 0 Å². The Morgan fingerprint density at radius 1 is 1.17 bits per heavy atom. The van der Waals surface area contributed by atoms with E-state index in [-0.39, 0.29) is 41.8 Å². The molecule has 7 atom stereocenters. The maximum Gasteiger partial charge on any atom is 0.391 e. The Morgan fingerprint density at radius 3 is 2.53 bits per heavy atom. The van der Waals surface area contributed by atoms with Gasteiger partial charge in [-0.1, -0.05) is 15.9 Å². The molecule has 2 amide bonds. The molecular weight excluding hydrogens is 571 g/mol. The van der Waals surface area contributed by atoms with Crippen molar-refractivity contribution in [2.75, 3.05) is 19.6 Å². The minimum absolute atomic E-state index is 0.103. The Hall–Kier alpha value is -1.76. The van der Waals surface area contributed by atoms with Gasteiger partial charge in [-0.25, -0.2) is 0 Å². The number of nitrogens with one attached hydrogen (secondary N) is 4. The largest absolute Gasteiger partial charge is 0.481 e. The van der Waals surface area contributed by atoms with Crippen LogP contribution >= 0.6 is 27.5 Å². The predicted molar refractivity (Wildman–Crippen MR) is 131 cm³/mol. The van der Waals surface area contributed by atoms with Crippen LogP contribution < -0.4 is 21.3 Å². The fourth-order valence-corrected chi connectivity index (χ4v) is 6.84. The van der Waals surface area contributed by atoms with Gasteiger partial charge in [-0.3, -0.25) is 19.4 Å². The number of carbonyl (C=O) groups is 3. The number of carbonyl (C=O) groups excluding carboxylic acids is 2. The first-order valence-corrected chi connectivity index (χ1v) is 13.4. The summed E-state index contributed by atoms with van der Waals surface area (Å²) in [5.74, 6) is -4.63. The molecule has 7 unspecified atom stereocenters. The van der Waals surface area contributed by atoms with Gasteiger partial charge in [0.1, 0.15) is 0 Å². The smallest absolute Gasteiger partial charge is 0.391 e. The quantitative estimate of drug-likeness (QED) is 0.271. The van der Waals surface area contributed by atoms with Crippen LogP contribution in [0.1, 0.15) is 44.9 Å². The van der Waals surface area contributed by atoms with Crippen molar-refractivity contribution in [3.05, 3.63) is 0 Å². The van der Waals surface area contributed by atoms with Gasteiger partial charge in [-0.15, -0.1) is 11.6 Å². The van der Waals surface area contributed by atoms with Gasteiger partial charge < -0.3 is 26.4 Å². The predicted octanol–water partition coefficient (Wildman–Crippen LogP) is 2.13. The fourth-order valence-electron chi connectivity index (χ4n) is 5.25. The van der Waals surface area contributed by atoms with E-state index in [2.05, 4.69) is 42.2 Å². The summed E-state index contributed by atoms with van der Waals surface area (Å²) in [6.45, 7) is 0.675. The van der Waals surface area contributed by atoms with E-state index in [0.29, 0.717) is 31.9 Å². The number of hydrogen-bond donors (Lipinski definition) is 5. The van der Waals surface area contributed by atoms with Gasteiger partial charge >= 0.3 is 12.1 Å². The standard InChI is InChI=1S/C22H32BrClF3N5O4/c23-14-4-11(5-15(24)8-14)17(9-19(34)35)32-18(33)10-30-20(36)12-3-13(22(25,26)27)7-16(6-12)31-21-28-1-2-29-21/h11-17H,1-10H2,(H,30,36)(H,32,33)(H,34,35)(H2,28,29,31). The van der Waals surface area contributed by atoms with Crippen molar-refractivity contribution in [1.82, 2.24) is 21.3 Å². The Bertz CT molecular complexity index is 839. The molecule has 9 nitrogen and oxygen atoms in total. The van der Waals surface area contributed by atoms with Crippen LogP contribution in [0.15, 0.2) is 4.99 Å². The van der Waals surface area contributed by atoms with E-state index >= 15 is 0 Å². The Morgan fingerprint density at radius 2 is 1.92 bits per heavy atom. The maximum absolute atomic E-state index is 13.5. The molecule has 0 aromatic carbocycles. The first-order chi connectivity index (χ1) is 16.9. The van der Waals surface area contributed by atoms with Crippen LogP contribution in [0, 0.1) is 17.8 Å². The number of guanidine groups is 1. The molecule has 0 spiro atoms. The van der Waals surface area contributed by atoms with Crippen LogP contribution in [0.5, 0.6) is 0 Å². The second-order valence-corrected chi connectivity index (χ2v) is 11.7. The molecule has 2 aliphatic carbocycles. The van der Waals surface area contributed by atoms with Crippen molar-refractivity contribution in [3.8, 4) is 0 Å².